The molecule has 8 heteroatoms. The fourth-order valence-electron chi connectivity index (χ4n) is 2.12. The van der Waals surface area contributed by atoms with Crippen molar-refractivity contribution in [2.45, 2.75) is 18.3 Å². The van der Waals surface area contributed by atoms with Crippen molar-refractivity contribution in [1.82, 2.24) is 0 Å². The largest absolute Gasteiger partial charge is 0.404 e. The SMILES string of the molecule is Nc1cc(C(C(F)(F)F)C(F)(F)F)ccc1Nc1ccccc1. The minimum atomic E-state index is -5.45. The highest BCUT2D eigenvalue weighted by Gasteiger charge is 2.57. The Morgan fingerprint density at radius 1 is 0.826 bits per heavy atom. The first kappa shape index (κ1) is 17.0. The maximum atomic E-state index is 12.7. The molecule has 0 unspecified atom stereocenters. The molecule has 0 aliphatic carbocycles. The normalized spacial score (nSPS) is 12.5. The van der Waals surface area contributed by atoms with E-state index in [2.05, 4.69) is 5.32 Å². The summed E-state index contributed by atoms with van der Waals surface area (Å²) in [5.74, 6) is -3.57. The van der Waals surface area contributed by atoms with E-state index in [1.165, 1.54) is 0 Å². The lowest BCUT2D eigenvalue weighted by atomic mass is 9.97. The van der Waals surface area contributed by atoms with Gasteiger partial charge in [0.15, 0.2) is 5.92 Å². The number of hydrogen-bond donors (Lipinski definition) is 2. The third-order valence-electron chi connectivity index (χ3n) is 3.12. The quantitative estimate of drug-likeness (QED) is 0.596. The molecule has 0 spiro atoms. The summed E-state index contributed by atoms with van der Waals surface area (Å²) in [6, 6.07) is 11.1. The Morgan fingerprint density at radius 2 is 1.39 bits per heavy atom. The van der Waals surface area contributed by atoms with Crippen molar-refractivity contribution in [2.75, 3.05) is 11.1 Å². The standard InChI is InChI=1S/C15H12F6N2/c16-14(17,18)13(15(19,20)21)9-6-7-12(11(22)8-9)23-10-4-2-1-3-5-10/h1-8,13,23H,22H2. The zero-order valence-corrected chi connectivity index (χ0v) is 11.5. The fourth-order valence-corrected chi connectivity index (χ4v) is 2.12. The summed E-state index contributed by atoms with van der Waals surface area (Å²) >= 11 is 0. The number of rotatable bonds is 3. The Labute approximate surface area is 127 Å². The number of para-hydroxylation sites is 1. The van der Waals surface area contributed by atoms with E-state index in [4.69, 9.17) is 5.73 Å². The summed E-state index contributed by atoms with van der Waals surface area (Å²) in [4.78, 5) is 0. The minimum absolute atomic E-state index is 0.204. The van der Waals surface area contributed by atoms with Crippen LogP contribution in [0.1, 0.15) is 11.5 Å². The van der Waals surface area contributed by atoms with Gasteiger partial charge < -0.3 is 11.1 Å². The first-order valence-electron chi connectivity index (χ1n) is 6.44. The molecule has 0 aromatic heterocycles. The first-order valence-corrected chi connectivity index (χ1v) is 6.44. The Balaban J connectivity index is 2.34. The number of halogens is 6. The highest BCUT2D eigenvalue weighted by molar-refractivity contribution is 5.73. The van der Waals surface area contributed by atoms with Crippen molar-refractivity contribution < 1.29 is 26.3 Å². The van der Waals surface area contributed by atoms with Gasteiger partial charge in [0, 0.05) is 5.69 Å². The van der Waals surface area contributed by atoms with E-state index >= 15 is 0 Å². The van der Waals surface area contributed by atoms with Crippen molar-refractivity contribution in [2.24, 2.45) is 0 Å². The molecule has 0 amide bonds. The van der Waals surface area contributed by atoms with E-state index in [1.54, 1.807) is 30.3 Å². The molecule has 0 saturated heterocycles. The van der Waals surface area contributed by atoms with Crippen LogP contribution in [0.4, 0.5) is 43.4 Å². The monoisotopic (exact) mass is 334 g/mol. The number of benzene rings is 2. The Kier molecular flexibility index (Phi) is 4.44. The van der Waals surface area contributed by atoms with Gasteiger partial charge in [-0.3, -0.25) is 0 Å². The Morgan fingerprint density at radius 3 is 1.87 bits per heavy atom. The van der Waals surface area contributed by atoms with E-state index in [1.807, 2.05) is 0 Å². The number of nitrogens with one attached hydrogen (secondary N) is 1. The summed E-state index contributed by atoms with van der Waals surface area (Å²) in [5.41, 5.74) is 5.28. The lowest BCUT2D eigenvalue weighted by Gasteiger charge is -2.24. The van der Waals surface area contributed by atoms with Crippen LogP contribution in [0.2, 0.25) is 0 Å². The van der Waals surface area contributed by atoms with Gasteiger partial charge in [0.25, 0.3) is 0 Å². The van der Waals surface area contributed by atoms with Crippen molar-refractivity contribution in [3.8, 4) is 0 Å². The summed E-state index contributed by atoms with van der Waals surface area (Å²) in [5, 5.41) is 2.83. The molecule has 0 aliphatic rings. The van der Waals surface area contributed by atoms with E-state index < -0.39 is 23.8 Å². The maximum Gasteiger partial charge on any atom is 0.404 e. The maximum absolute atomic E-state index is 12.7. The molecule has 124 valence electrons. The molecule has 23 heavy (non-hydrogen) atoms. The van der Waals surface area contributed by atoms with Crippen molar-refractivity contribution in [3.05, 3.63) is 54.1 Å². The highest BCUT2D eigenvalue weighted by Crippen LogP contribution is 2.47. The number of hydrogen-bond acceptors (Lipinski definition) is 2. The van der Waals surface area contributed by atoms with Gasteiger partial charge in [-0.1, -0.05) is 24.3 Å². The molecule has 2 aromatic carbocycles. The Hall–Kier alpha value is -2.38. The average Bonchev–Trinajstić information content (AvgIpc) is 2.40. The third kappa shape index (κ3) is 4.08. The predicted octanol–water partition coefficient (Wildman–Crippen LogP) is 5.22. The van der Waals surface area contributed by atoms with Crippen LogP contribution in [-0.2, 0) is 0 Å². The summed E-state index contributed by atoms with van der Waals surface area (Å²) in [7, 11) is 0. The van der Waals surface area contributed by atoms with Crippen LogP contribution in [-0.4, -0.2) is 12.4 Å². The number of nitrogen functional groups attached to an aromatic ring is 1. The van der Waals surface area contributed by atoms with Gasteiger partial charge in [-0.05, 0) is 29.8 Å². The molecule has 0 fully saturated rings. The second-order valence-corrected chi connectivity index (χ2v) is 4.85. The molecule has 2 nitrogen and oxygen atoms in total. The van der Waals surface area contributed by atoms with Gasteiger partial charge in [-0.2, -0.15) is 26.3 Å². The smallest absolute Gasteiger partial charge is 0.397 e. The zero-order valence-electron chi connectivity index (χ0n) is 11.5. The van der Waals surface area contributed by atoms with Crippen LogP contribution in [0.15, 0.2) is 48.5 Å². The van der Waals surface area contributed by atoms with E-state index in [0.717, 1.165) is 12.1 Å². The molecular weight excluding hydrogens is 322 g/mol. The summed E-state index contributed by atoms with van der Waals surface area (Å²) in [6.07, 6.45) is -10.9. The fraction of sp³-hybridized carbons (Fsp3) is 0.200. The molecule has 0 aliphatic heterocycles. The predicted molar refractivity (Wildman–Crippen MR) is 75.4 cm³/mol. The van der Waals surface area contributed by atoms with E-state index in [0.29, 0.717) is 11.8 Å². The summed E-state index contributed by atoms with van der Waals surface area (Å²) in [6.45, 7) is 0. The lowest BCUT2D eigenvalue weighted by molar-refractivity contribution is -0.253. The van der Waals surface area contributed by atoms with Crippen LogP contribution in [0.3, 0.4) is 0 Å². The van der Waals surface area contributed by atoms with Gasteiger partial charge >= 0.3 is 12.4 Å². The van der Waals surface area contributed by atoms with Crippen LogP contribution < -0.4 is 11.1 Å². The van der Waals surface area contributed by atoms with Gasteiger partial charge in [-0.25, -0.2) is 0 Å². The van der Waals surface area contributed by atoms with Crippen molar-refractivity contribution in [1.29, 1.82) is 0 Å². The molecular formula is C15H12F6N2. The van der Waals surface area contributed by atoms with E-state index in [9.17, 15) is 26.3 Å². The molecule has 0 heterocycles. The molecule has 3 N–H and O–H groups in total. The van der Waals surface area contributed by atoms with Gasteiger partial charge in [-0.15, -0.1) is 0 Å². The lowest BCUT2D eigenvalue weighted by Crippen LogP contribution is -2.34. The number of alkyl halides is 6. The summed E-state index contributed by atoms with van der Waals surface area (Å²) < 4.78 is 76.2. The molecule has 0 saturated carbocycles. The molecule has 0 bridgehead atoms. The van der Waals surface area contributed by atoms with Crippen LogP contribution in [0, 0.1) is 0 Å². The number of nitrogens with two attached hydrogens (primary N) is 1. The van der Waals surface area contributed by atoms with Crippen LogP contribution >= 0.6 is 0 Å². The van der Waals surface area contributed by atoms with Gasteiger partial charge in [0.2, 0.25) is 0 Å². The van der Waals surface area contributed by atoms with Gasteiger partial charge in [0.1, 0.15) is 0 Å². The third-order valence-corrected chi connectivity index (χ3v) is 3.12. The first-order chi connectivity index (χ1) is 10.6. The van der Waals surface area contributed by atoms with Crippen LogP contribution in [0.25, 0.3) is 0 Å². The second kappa shape index (κ2) is 6.02. The van der Waals surface area contributed by atoms with Crippen molar-refractivity contribution >= 4 is 17.1 Å². The highest BCUT2D eigenvalue weighted by atomic mass is 19.4. The van der Waals surface area contributed by atoms with Gasteiger partial charge in [0.05, 0.1) is 11.4 Å². The van der Waals surface area contributed by atoms with E-state index in [-0.39, 0.29) is 11.4 Å². The molecule has 2 rings (SSSR count). The molecule has 2 aromatic rings. The molecule has 0 radical (unpaired) electrons. The van der Waals surface area contributed by atoms with Crippen LogP contribution in [0.5, 0.6) is 0 Å². The minimum Gasteiger partial charge on any atom is -0.397 e. The topological polar surface area (TPSA) is 38.0 Å². The Bertz CT molecular complexity index is 650. The second-order valence-electron chi connectivity index (χ2n) is 4.85. The number of anilines is 3. The molecule has 0 atom stereocenters. The van der Waals surface area contributed by atoms with Crippen molar-refractivity contribution in [3.63, 3.8) is 0 Å². The average molecular weight is 334 g/mol. The zero-order chi connectivity index (χ0) is 17.3.